The number of nitrogens with zero attached hydrogens (tertiary/aromatic N) is 1. The van der Waals surface area contributed by atoms with Gasteiger partial charge in [-0.15, -0.1) is 0 Å². The summed E-state index contributed by atoms with van der Waals surface area (Å²) >= 11 is 6.94. The smallest absolute Gasteiger partial charge is 0.153 e. The first-order chi connectivity index (χ1) is 9.36. The van der Waals surface area contributed by atoms with Gasteiger partial charge in [0, 0.05) is 5.69 Å². The maximum absolute atomic E-state index is 11.9. The van der Waals surface area contributed by atoms with Crippen molar-refractivity contribution in [3.8, 4) is 5.75 Å². The molecule has 0 N–H and O–H groups in total. The van der Waals surface area contributed by atoms with E-state index in [0.29, 0.717) is 0 Å². The van der Waals surface area contributed by atoms with Gasteiger partial charge in [0.1, 0.15) is 10.1 Å². The minimum absolute atomic E-state index is 0.0158. The van der Waals surface area contributed by atoms with Crippen LogP contribution in [-0.4, -0.2) is 42.1 Å². The highest BCUT2D eigenvalue weighted by atomic mass is 32.2. The van der Waals surface area contributed by atoms with Gasteiger partial charge in [-0.05, 0) is 31.2 Å². The van der Waals surface area contributed by atoms with Crippen LogP contribution in [0.3, 0.4) is 0 Å². The fourth-order valence-electron chi connectivity index (χ4n) is 2.89. The van der Waals surface area contributed by atoms with Gasteiger partial charge in [0.25, 0.3) is 0 Å². The normalized spacial score (nSPS) is 31.4. The zero-order valence-electron chi connectivity index (χ0n) is 11.2. The highest BCUT2D eigenvalue weighted by Gasteiger charge is 2.57. The van der Waals surface area contributed by atoms with Crippen molar-refractivity contribution in [3.63, 3.8) is 0 Å². The number of methoxy groups -OCH3 is 1. The molecule has 2 aliphatic rings. The number of benzene rings is 1. The van der Waals surface area contributed by atoms with Crippen LogP contribution < -0.4 is 9.64 Å². The van der Waals surface area contributed by atoms with E-state index in [1.807, 2.05) is 36.1 Å². The van der Waals surface area contributed by atoms with Crippen molar-refractivity contribution in [2.45, 2.75) is 17.7 Å². The Hall–Kier alpha value is -0.790. The predicted molar refractivity (Wildman–Crippen MR) is 86.5 cm³/mol. The Labute approximate surface area is 128 Å². The van der Waals surface area contributed by atoms with Gasteiger partial charge >= 0.3 is 0 Å². The third kappa shape index (κ3) is 2.12. The van der Waals surface area contributed by atoms with Crippen LogP contribution in [0.5, 0.6) is 5.75 Å². The van der Waals surface area contributed by atoms with Crippen LogP contribution in [-0.2, 0) is 9.84 Å². The SMILES string of the molecule is COc1ccc(N2C(=S)S[C@@H]3CS(=O)(=O)C[C@@]32C)cc1. The molecule has 3 rings (SSSR count). The molecule has 0 spiro atoms. The summed E-state index contributed by atoms with van der Waals surface area (Å²) in [7, 11) is -1.37. The third-order valence-electron chi connectivity index (χ3n) is 3.88. The van der Waals surface area contributed by atoms with Crippen LogP contribution in [0, 0.1) is 0 Å². The molecule has 0 amide bonds. The molecule has 0 unspecified atom stereocenters. The van der Waals surface area contributed by atoms with E-state index in [9.17, 15) is 8.42 Å². The number of fused-ring (bicyclic) bond motifs is 1. The average molecular weight is 329 g/mol. The number of thiocarbonyl (C=S) groups is 1. The van der Waals surface area contributed by atoms with E-state index in [-0.39, 0.29) is 16.8 Å². The van der Waals surface area contributed by atoms with Crippen molar-refractivity contribution in [1.29, 1.82) is 0 Å². The molecule has 1 aromatic rings. The summed E-state index contributed by atoms with van der Waals surface area (Å²) in [5.41, 5.74) is 0.472. The summed E-state index contributed by atoms with van der Waals surface area (Å²) in [6, 6.07) is 7.57. The molecule has 20 heavy (non-hydrogen) atoms. The maximum Gasteiger partial charge on any atom is 0.153 e. The predicted octanol–water partition coefficient (Wildman–Crippen LogP) is 2.09. The summed E-state index contributed by atoms with van der Waals surface area (Å²) in [6.07, 6.45) is 0. The maximum atomic E-state index is 11.9. The van der Waals surface area contributed by atoms with Crippen molar-refractivity contribution in [2.24, 2.45) is 0 Å². The largest absolute Gasteiger partial charge is 0.497 e. The lowest BCUT2D eigenvalue weighted by molar-refractivity contribution is 0.414. The lowest BCUT2D eigenvalue weighted by Crippen LogP contribution is -2.49. The van der Waals surface area contributed by atoms with Gasteiger partial charge < -0.3 is 9.64 Å². The number of anilines is 1. The van der Waals surface area contributed by atoms with E-state index in [2.05, 4.69) is 0 Å². The second kappa shape index (κ2) is 4.61. The van der Waals surface area contributed by atoms with Gasteiger partial charge in [0.05, 0.1) is 29.4 Å². The first-order valence-electron chi connectivity index (χ1n) is 6.21. The monoisotopic (exact) mass is 329 g/mol. The van der Waals surface area contributed by atoms with E-state index < -0.39 is 15.4 Å². The first-order valence-corrected chi connectivity index (χ1v) is 9.32. The molecule has 0 saturated carbocycles. The lowest BCUT2D eigenvalue weighted by Gasteiger charge is -2.34. The molecule has 1 aromatic carbocycles. The zero-order valence-corrected chi connectivity index (χ0v) is 13.6. The molecular formula is C13H15NO3S3. The topological polar surface area (TPSA) is 46.6 Å². The standard InChI is InChI=1S/C13H15NO3S3/c1-13-8-20(15,16)7-11(13)19-12(18)14(13)9-3-5-10(17-2)6-4-9/h3-6,11H,7-8H2,1-2H3/t11-,13+/m1/s1. The Bertz CT molecular complexity index is 656. The molecule has 7 heteroatoms. The van der Waals surface area contributed by atoms with Gasteiger partial charge in [0.15, 0.2) is 9.84 Å². The van der Waals surface area contributed by atoms with Gasteiger partial charge in [-0.3, -0.25) is 0 Å². The average Bonchev–Trinajstić information content (AvgIpc) is 2.72. The molecule has 0 radical (unpaired) electrons. The van der Waals surface area contributed by atoms with Crippen LogP contribution in [0.4, 0.5) is 5.69 Å². The van der Waals surface area contributed by atoms with E-state index in [1.54, 1.807) is 7.11 Å². The number of ether oxygens (including phenoxy) is 1. The number of sulfone groups is 1. The van der Waals surface area contributed by atoms with Gasteiger partial charge in [0.2, 0.25) is 0 Å². The number of rotatable bonds is 2. The fourth-order valence-corrected chi connectivity index (χ4v) is 7.82. The molecular weight excluding hydrogens is 314 g/mol. The minimum Gasteiger partial charge on any atom is -0.497 e. The summed E-state index contributed by atoms with van der Waals surface area (Å²) in [6.45, 7) is 1.98. The van der Waals surface area contributed by atoms with Crippen LogP contribution in [0.2, 0.25) is 0 Å². The van der Waals surface area contributed by atoms with E-state index in [1.165, 1.54) is 11.8 Å². The van der Waals surface area contributed by atoms with Crippen molar-refractivity contribution in [2.75, 3.05) is 23.5 Å². The Morgan fingerprint density at radius 1 is 1.40 bits per heavy atom. The van der Waals surface area contributed by atoms with E-state index in [4.69, 9.17) is 17.0 Å². The van der Waals surface area contributed by atoms with Crippen LogP contribution in [0.25, 0.3) is 0 Å². The summed E-state index contributed by atoms with van der Waals surface area (Å²) in [5, 5.41) is 0.0158. The lowest BCUT2D eigenvalue weighted by atomic mass is 9.99. The molecule has 0 aliphatic carbocycles. The third-order valence-corrected chi connectivity index (χ3v) is 7.77. The number of hydrogen-bond donors (Lipinski definition) is 0. The first kappa shape index (κ1) is 14.2. The van der Waals surface area contributed by atoms with Crippen molar-refractivity contribution < 1.29 is 13.2 Å². The number of hydrogen-bond acceptors (Lipinski definition) is 5. The molecule has 108 valence electrons. The Kier molecular flexibility index (Phi) is 3.26. The van der Waals surface area contributed by atoms with Gasteiger partial charge in [-0.1, -0.05) is 24.0 Å². The van der Waals surface area contributed by atoms with Crippen LogP contribution >= 0.6 is 24.0 Å². The van der Waals surface area contributed by atoms with Crippen LogP contribution in [0.15, 0.2) is 24.3 Å². The molecule has 0 aromatic heterocycles. The molecule has 2 aliphatic heterocycles. The Balaban J connectivity index is 2.01. The zero-order chi connectivity index (χ0) is 14.5. The molecule has 2 fully saturated rings. The molecule has 2 saturated heterocycles. The van der Waals surface area contributed by atoms with Crippen LogP contribution in [0.1, 0.15) is 6.92 Å². The van der Waals surface area contributed by atoms with E-state index in [0.717, 1.165) is 15.8 Å². The summed E-state index contributed by atoms with van der Waals surface area (Å²) < 4.78 is 29.8. The van der Waals surface area contributed by atoms with Crippen molar-refractivity contribution in [1.82, 2.24) is 0 Å². The Morgan fingerprint density at radius 3 is 2.65 bits per heavy atom. The molecule has 0 bridgehead atoms. The highest BCUT2D eigenvalue weighted by Crippen LogP contribution is 2.48. The summed E-state index contributed by atoms with van der Waals surface area (Å²) in [4.78, 5) is 1.99. The second-order valence-electron chi connectivity index (χ2n) is 5.32. The Morgan fingerprint density at radius 2 is 2.05 bits per heavy atom. The molecule has 4 nitrogen and oxygen atoms in total. The minimum atomic E-state index is -2.99. The summed E-state index contributed by atoms with van der Waals surface area (Å²) in [5.74, 6) is 1.14. The van der Waals surface area contributed by atoms with Crippen molar-refractivity contribution >= 4 is 43.8 Å². The van der Waals surface area contributed by atoms with E-state index >= 15 is 0 Å². The number of thioether (sulfide) groups is 1. The van der Waals surface area contributed by atoms with Crippen molar-refractivity contribution in [3.05, 3.63) is 24.3 Å². The van der Waals surface area contributed by atoms with Gasteiger partial charge in [-0.25, -0.2) is 8.42 Å². The fraction of sp³-hybridized carbons (Fsp3) is 0.462. The molecule has 2 heterocycles. The van der Waals surface area contributed by atoms with Gasteiger partial charge in [-0.2, -0.15) is 0 Å². The quantitative estimate of drug-likeness (QED) is 0.774. The highest BCUT2D eigenvalue weighted by molar-refractivity contribution is 8.24. The molecule has 2 atom stereocenters. The second-order valence-corrected chi connectivity index (χ2v) is 9.26.